The molecule has 13 heavy (non-hydrogen) atoms. The summed E-state index contributed by atoms with van der Waals surface area (Å²) in [7, 11) is 0.900. The molecule has 0 saturated carbocycles. The van der Waals surface area contributed by atoms with Crippen LogP contribution in [0.25, 0.3) is 0 Å². The van der Waals surface area contributed by atoms with Gasteiger partial charge in [0.1, 0.15) is 0 Å². The minimum atomic E-state index is -0.768. The van der Waals surface area contributed by atoms with Crippen LogP contribution in [0.4, 0.5) is 0 Å². The summed E-state index contributed by atoms with van der Waals surface area (Å²) < 4.78 is 5.06. The molecule has 2 nitrogen and oxygen atoms in total. The Bertz CT molecular complexity index is 341. The minimum absolute atomic E-state index is 0.768. The maximum absolute atomic E-state index is 5.06. The second-order valence-electron chi connectivity index (χ2n) is 2.49. The van der Waals surface area contributed by atoms with Crippen molar-refractivity contribution in [2.75, 3.05) is 7.11 Å². The molecule has 0 N–H and O–H groups in total. The van der Waals surface area contributed by atoms with Gasteiger partial charge in [0.15, 0.2) is 0 Å². The number of hydrogen-bond acceptors (Lipinski definition) is 2. The fourth-order valence-corrected chi connectivity index (χ4v) is 1.47. The van der Waals surface area contributed by atoms with Gasteiger partial charge in [0.25, 0.3) is 0 Å². The first-order valence-corrected chi connectivity index (χ1v) is 5.14. The van der Waals surface area contributed by atoms with Crippen molar-refractivity contribution in [1.29, 1.82) is 0 Å². The van der Waals surface area contributed by atoms with E-state index in [-0.39, 0.29) is 0 Å². The highest BCUT2D eigenvalue weighted by Crippen LogP contribution is 1.92. The lowest BCUT2D eigenvalue weighted by atomic mass is 10.5. The molecule has 0 bridgehead atoms. The first-order chi connectivity index (χ1) is 6.20. The number of nitrogens with zero attached hydrogens (tertiary/aromatic N) is 1. The van der Waals surface area contributed by atoms with Crippen molar-refractivity contribution in [3.8, 4) is 0 Å². The lowest BCUT2D eigenvalue weighted by molar-refractivity contribution is 0.447. The van der Waals surface area contributed by atoms with Crippen LogP contribution in [0.5, 0.6) is 0 Å². The van der Waals surface area contributed by atoms with E-state index in [1.54, 1.807) is 7.11 Å². The summed E-state index contributed by atoms with van der Waals surface area (Å²) in [5.41, 5.74) is 11.5. The summed E-state index contributed by atoms with van der Waals surface area (Å²) in [4.78, 5) is 4.25. The topological polar surface area (TPSA) is 21.6 Å². The van der Waals surface area contributed by atoms with Gasteiger partial charge in [0, 0.05) is 12.8 Å². The zero-order chi connectivity index (χ0) is 10.1. The van der Waals surface area contributed by atoms with Gasteiger partial charge in [-0.05, 0) is 37.6 Å². The van der Waals surface area contributed by atoms with Gasteiger partial charge in [-0.15, -0.1) is 0 Å². The molecular weight excluding hydrogens is 178 g/mol. The molecule has 0 aliphatic rings. The van der Waals surface area contributed by atoms with Crippen LogP contribution in [0.15, 0.2) is 39.8 Å². The van der Waals surface area contributed by atoms with Crippen molar-refractivity contribution in [1.82, 2.24) is 0 Å². The highest BCUT2D eigenvalue weighted by Gasteiger charge is 1.92. The molecule has 0 spiro atoms. The van der Waals surface area contributed by atoms with E-state index in [0.717, 1.165) is 11.0 Å². The zero-order valence-corrected chi connectivity index (χ0v) is 9.68. The van der Waals surface area contributed by atoms with Crippen molar-refractivity contribution in [3.05, 3.63) is 34.8 Å². The maximum Gasteiger partial charge on any atom is 0.222 e. The van der Waals surface area contributed by atoms with Crippen LogP contribution in [-0.4, -0.2) is 22.6 Å². The van der Waals surface area contributed by atoms with Crippen LogP contribution >= 0.6 is 0 Å². The SMILES string of the molecule is C=C=C=C=C=C(N=C(C)C)[SiH2]OC. The van der Waals surface area contributed by atoms with Crippen LogP contribution in [0, 0.1) is 0 Å². The van der Waals surface area contributed by atoms with Gasteiger partial charge in [-0.3, -0.25) is 4.99 Å². The third-order valence-electron chi connectivity index (χ3n) is 0.997. The number of aliphatic imine (C=N–C) groups is 1. The van der Waals surface area contributed by atoms with E-state index in [4.69, 9.17) is 4.43 Å². The summed E-state index contributed by atoms with van der Waals surface area (Å²) >= 11 is 0. The molecule has 0 rings (SSSR count). The third-order valence-corrected chi connectivity index (χ3v) is 1.89. The van der Waals surface area contributed by atoms with Gasteiger partial charge >= 0.3 is 0 Å². The largest absolute Gasteiger partial charge is 0.419 e. The van der Waals surface area contributed by atoms with Gasteiger partial charge in [-0.2, -0.15) is 0 Å². The highest BCUT2D eigenvalue weighted by atomic mass is 28.2. The second-order valence-corrected chi connectivity index (χ2v) is 4.03. The van der Waals surface area contributed by atoms with Crippen molar-refractivity contribution in [2.24, 2.45) is 4.99 Å². The smallest absolute Gasteiger partial charge is 0.222 e. The number of hydrogen-bond donors (Lipinski definition) is 0. The van der Waals surface area contributed by atoms with Crippen LogP contribution in [-0.2, 0) is 4.43 Å². The fraction of sp³-hybridized carbons (Fsp3) is 0.300. The molecule has 3 heteroatoms. The summed E-state index contributed by atoms with van der Waals surface area (Å²) in [6, 6.07) is 0. The predicted octanol–water partition coefficient (Wildman–Crippen LogP) is 1.29. The summed E-state index contributed by atoms with van der Waals surface area (Å²) in [6.45, 7) is 7.22. The highest BCUT2D eigenvalue weighted by molar-refractivity contribution is 6.38. The van der Waals surface area contributed by atoms with Crippen molar-refractivity contribution >= 4 is 15.5 Å². The van der Waals surface area contributed by atoms with Gasteiger partial charge < -0.3 is 4.43 Å². The van der Waals surface area contributed by atoms with Crippen molar-refractivity contribution in [3.63, 3.8) is 0 Å². The molecule has 0 aromatic carbocycles. The fourth-order valence-electron chi connectivity index (χ4n) is 0.651. The Balaban J connectivity index is 5.03. The Morgan fingerprint density at radius 2 is 2.08 bits per heavy atom. The molecule has 0 radical (unpaired) electrons. The first kappa shape index (κ1) is 11.7. The standard InChI is InChI=1S/C10H13NOSi/c1-5-6-7-8-10(13-12-4)11-9(2)3/h1,13H2,2-4H3. The van der Waals surface area contributed by atoms with Gasteiger partial charge in [-0.1, -0.05) is 5.73 Å². The van der Waals surface area contributed by atoms with Crippen molar-refractivity contribution in [2.45, 2.75) is 13.8 Å². The van der Waals surface area contributed by atoms with Gasteiger partial charge in [0.2, 0.25) is 9.76 Å². The first-order valence-electron chi connectivity index (χ1n) is 3.85. The molecular formula is C10H13NOSi. The Kier molecular flexibility index (Phi) is 6.63. The zero-order valence-electron chi connectivity index (χ0n) is 8.27. The van der Waals surface area contributed by atoms with Crippen LogP contribution in [0.3, 0.4) is 0 Å². The second kappa shape index (κ2) is 7.36. The average Bonchev–Trinajstić information content (AvgIpc) is 2.04. The Morgan fingerprint density at radius 1 is 1.38 bits per heavy atom. The summed E-state index contributed by atoms with van der Waals surface area (Å²) in [6.07, 6.45) is 0. The Labute approximate surface area is 81.3 Å². The lowest BCUT2D eigenvalue weighted by Gasteiger charge is -1.94. The molecule has 0 atom stereocenters. The third kappa shape index (κ3) is 7.08. The van der Waals surface area contributed by atoms with Crippen LogP contribution < -0.4 is 0 Å². The summed E-state index contributed by atoms with van der Waals surface area (Å²) in [5.74, 6) is 0. The van der Waals surface area contributed by atoms with Gasteiger partial charge in [0.05, 0.1) is 5.32 Å². The Hall–Kier alpha value is -1.29. The van der Waals surface area contributed by atoms with E-state index < -0.39 is 9.76 Å². The van der Waals surface area contributed by atoms with E-state index in [9.17, 15) is 0 Å². The molecule has 0 aliphatic carbocycles. The Morgan fingerprint density at radius 3 is 2.54 bits per heavy atom. The maximum atomic E-state index is 5.06. The molecule has 0 aliphatic heterocycles. The normalized spacial score (nSPS) is 8.23. The van der Waals surface area contributed by atoms with E-state index in [2.05, 4.69) is 34.5 Å². The monoisotopic (exact) mass is 191 g/mol. The molecule has 0 saturated heterocycles. The van der Waals surface area contributed by atoms with Crippen molar-refractivity contribution < 1.29 is 4.43 Å². The predicted molar refractivity (Wildman–Crippen MR) is 57.5 cm³/mol. The molecule has 0 aromatic heterocycles. The van der Waals surface area contributed by atoms with E-state index in [1.165, 1.54) is 0 Å². The minimum Gasteiger partial charge on any atom is -0.419 e. The van der Waals surface area contributed by atoms with Crippen LogP contribution in [0.1, 0.15) is 13.8 Å². The quantitative estimate of drug-likeness (QED) is 0.374. The van der Waals surface area contributed by atoms with E-state index in [1.807, 2.05) is 13.8 Å². The molecule has 0 heterocycles. The van der Waals surface area contributed by atoms with E-state index >= 15 is 0 Å². The number of rotatable bonds is 3. The van der Waals surface area contributed by atoms with Crippen LogP contribution in [0.2, 0.25) is 0 Å². The summed E-state index contributed by atoms with van der Waals surface area (Å²) in [5, 5.41) is 0.824. The van der Waals surface area contributed by atoms with E-state index in [0.29, 0.717) is 0 Å². The lowest BCUT2D eigenvalue weighted by Crippen LogP contribution is -1.97. The average molecular weight is 191 g/mol. The molecule has 0 amide bonds. The molecule has 0 unspecified atom stereocenters. The molecule has 68 valence electrons. The molecule has 0 fully saturated rings. The van der Waals surface area contributed by atoms with Gasteiger partial charge in [-0.25, -0.2) is 0 Å². The molecule has 0 aromatic rings.